The second-order valence-electron chi connectivity index (χ2n) is 7.20. The molecule has 1 aromatic carbocycles. The number of carbonyl (C=O) groups is 1. The van der Waals surface area contributed by atoms with Gasteiger partial charge in [0.1, 0.15) is 0 Å². The number of fused-ring (bicyclic) bond motifs is 1. The van der Waals surface area contributed by atoms with E-state index in [-0.39, 0.29) is 17.2 Å². The van der Waals surface area contributed by atoms with Gasteiger partial charge in [-0.2, -0.15) is 18.3 Å². The molecule has 3 heterocycles. The van der Waals surface area contributed by atoms with Gasteiger partial charge >= 0.3 is 6.18 Å². The van der Waals surface area contributed by atoms with Gasteiger partial charge < -0.3 is 9.80 Å². The van der Waals surface area contributed by atoms with Crippen LogP contribution < -0.4 is 0 Å². The van der Waals surface area contributed by atoms with Gasteiger partial charge in [0, 0.05) is 38.8 Å². The fraction of sp³-hybridized carbons (Fsp3) is 0.350. The Hall–Kier alpha value is -2.94. The van der Waals surface area contributed by atoms with Crippen molar-refractivity contribution >= 4 is 16.9 Å². The topological polar surface area (TPSA) is 54.3 Å². The summed E-state index contributed by atoms with van der Waals surface area (Å²) < 4.78 is 42.1. The Morgan fingerprint density at radius 2 is 1.76 bits per heavy atom. The van der Waals surface area contributed by atoms with Crippen LogP contribution in [-0.4, -0.2) is 63.7 Å². The van der Waals surface area contributed by atoms with Crippen LogP contribution in [-0.2, 0) is 13.2 Å². The summed E-state index contributed by atoms with van der Waals surface area (Å²) in [7, 11) is 3.64. The molecule has 1 fully saturated rings. The first-order valence-corrected chi connectivity index (χ1v) is 9.23. The standard InChI is InChI=1S/C20H20F3N5O/c1-26-7-9-28(10-8-26)19(29)14-11-17(25-18-15(14)12-24-27(18)2)13-5-3-4-6-16(13)20(21,22)23/h3-6,11-12H,7-10H2,1-2H3. The fourth-order valence-electron chi connectivity index (χ4n) is 3.56. The lowest BCUT2D eigenvalue weighted by molar-refractivity contribution is -0.137. The molecule has 152 valence electrons. The molecule has 9 heteroatoms. The van der Waals surface area contributed by atoms with Gasteiger partial charge in [-0.3, -0.25) is 9.48 Å². The van der Waals surface area contributed by atoms with Crippen molar-refractivity contribution in [2.75, 3.05) is 33.2 Å². The number of alkyl halides is 3. The zero-order valence-electron chi connectivity index (χ0n) is 16.1. The van der Waals surface area contributed by atoms with Gasteiger partial charge in [0.25, 0.3) is 5.91 Å². The molecule has 0 radical (unpaired) electrons. The molecule has 0 N–H and O–H groups in total. The van der Waals surface area contributed by atoms with Crippen molar-refractivity contribution in [2.45, 2.75) is 6.18 Å². The van der Waals surface area contributed by atoms with E-state index >= 15 is 0 Å². The fourth-order valence-corrected chi connectivity index (χ4v) is 3.56. The summed E-state index contributed by atoms with van der Waals surface area (Å²) in [6.07, 6.45) is -2.99. The number of benzene rings is 1. The van der Waals surface area contributed by atoms with E-state index in [0.29, 0.717) is 29.7 Å². The van der Waals surface area contributed by atoms with Gasteiger partial charge in [-0.15, -0.1) is 0 Å². The van der Waals surface area contributed by atoms with Gasteiger partial charge in [0.05, 0.1) is 28.4 Å². The second kappa shape index (κ2) is 7.14. The van der Waals surface area contributed by atoms with E-state index in [1.54, 1.807) is 11.9 Å². The third-order valence-corrected chi connectivity index (χ3v) is 5.23. The van der Waals surface area contributed by atoms with Crippen LogP contribution in [0, 0.1) is 0 Å². The summed E-state index contributed by atoms with van der Waals surface area (Å²) in [5, 5.41) is 4.69. The number of rotatable bonds is 2. The minimum Gasteiger partial charge on any atom is -0.336 e. The van der Waals surface area contributed by atoms with Gasteiger partial charge in [-0.1, -0.05) is 18.2 Å². The Bertz CT molecular complexity index is 1070. The van der Waals surface area contributed by atoms with E-state index in [2.05, 4.69) is 15.0 Å². The SMILES string of the molecule is CN1CCN(C(=O)c2cc(-c3ccccc3C(F)(F)F)nc3c2cnn3C)CC1. The number of likely N-dealkylation sites (N-methyl/N-ethyl adjacent to an activating group) is 1. The van der Waals surface area contributed by atoms with Gasteiger partial charge in [0.15, 0.2) is 5.65 Å². The maximum Gasteiger partial charge on any atom is 0.417 e. The average molecular weight is 403 g/mol. The highest BCUT2D eigenvalue weighted by Crippen LogP contribution is 2.37. The maximum absolute atomic E-state index is 13.5. The Kier molecular flexibility index (Phi) is 4.77. The highest BCUT2D eigenvalue weighted by atomic mass is 19.4. The summed E-state index contributed by atoms with van der Waals surface area (Å²) >= 11 is 0. The summed E-state index contributed by atoms with van der Waals surface area (Å²) in [5.74, 6) is -0.218. The van der Waals surface area contributed by atoms with Crippen molar-refractivity contribution in [1.82, 2.24) is 24.6 Å². The lowest BCUT2D eigenvalue weighted by Crippen LogP contribution is -2.47. The van der Waals surface area contributed by atoms with Crippen LogP contribution in [0.25, 0.3) is 22.3 Å². The molecule has 0 saturated carbocycles. The molecule has 0 atom stereocenters. The predicted octanol–water partition coefficient (Wildman–Crippen LogP) is 3.04. The first-order chi connectivity index (χ1) is 13.8. The molecule has 1 saturated heterocycles. The zero-order chi connectivity index (χ0) is 20.8. The minimum atomic E-state index is -4.53. The highest BCUT2D eigenvalue weighted by Gasteiger charge is 2.34. The van der Waals surface area contributed by atoms with Crippen LogP contribution in [0.15, 0.2) is 36.5 Å². The Morgan fingerprint density at radius 1 is 1.07 bits per heavy atom. The van der Waals surface area contributed by atoms with Crippen LogP contribution in [0.1, 0.15) is 15.9 Å². The number of amides is 1. The first-order valence-electron chi connectivity index (χ1n) is 9.23. The van der Waals surface area contributed by atoms with Crippen LogP contribution in [0.4, 0.5) is 13.2 Å². The van der Waals surface area contributed by atoms with Crippen molar-refractivity contribution < 1.29 is 18.0 Å². The number of pyridine rings is 1. The normalized spacial score (nSPS) is 15.8. The molecule has 1 aliphatic rings. The van der Waals surface area contributed by atoms with Crippen molar-refractivity contribution in [3.63, 3.8) is 0 Å². The third-order valence-electron chi connectivity index (χ3n) is 5.23. The number of hydrogen-bond donors (Lipinski definition) is 0. The Labute approximate surface area is 165 Å². The largest absolute Gasteiger partial charge is 0.417 e. The summed E-state index contributed by atoms with van der Waals surface area (Å²) in [6.45, 7) is 2.62. The molecule has 0 aliphatic carbocycles. The van der Waals surface area contributed by atoms with E-state index in [4.69, 9.17) is 0 Å². The van der Waals surface area contributed by atoms with E-state index in [9.17, 15) is 18.0 Å². The molecule has 1 amide bonds. The molecule has 0 bridgehead atoms. The zero-order valence-corrected chi connectivity index (χ0v) is 16.1. The predicted molar refractivity (Wildman–Crippen MR) is 102 cm³/mol. The molecular formula is C20H20F3N5O. The molecule has 2 aromatic heterocycles. The van der Waals surface area contributed by atoms with Crippen LogP contribution in [0.2, 0.25) is 0 Å². The van der Waals surface area contributed by atoms with Crippen LogP contribution >= 0.6 is 0 Å². The van der Waals surface area contributed by atoms with Gasteiger partial charge in [-0.05, 0) is 19.2 Å². The molecule has 0 spiro atoms. The van der Waals surface area contributed by atoms with E-state index in [1.807, 2.05) is 7.05 Å². The smallest absolute Gasteiger partial charge is 0.336 e. The monoisotopic (exact) mass is 403 g/mol. The number of carbonyl (C=O) groups excluding carboxylic acids is 1. The van der Waals surface area contributed by atoms with Crippen molar-refractivity contribution in [2.24, 2.45) is 7.05 Å². The molecule has 3 aromatic rings. The van der Waals surface area contributed by atoms with E-state index < -0.39 is 11.7 Å². The number of aromatic nitrogens is 3. The highest BCUT2D eigenvalue weighted by molar-refractivity contribution is 6.06. The van der Waals surface area contributed by atoms with Gasteiger partial charge in [0.2, 0.25) is 0 Å². The number of piperazine rings is 1. The quantitative estimate of drug-likeness (QED) is 0.660. The average Bonchev–Trinajstić information content (AvgIpc) is 3.07. The first kappa shape index (κ1) is 19.4. The molecule has 4 rings (SSSR count). The second-order valence-corrected chi connectivity index (χ2v) is 7.20. The molecular weight excluding hydrogens is 383 g/mol. The maximum atomic E-state index is 13.5. The summed E-state index contributed by atoms with van der Waals surface area (Å²) in [6, 6.07) is 6.71. The molecule has 1 aliphatic heterocycles. The summed E-state index contributed by atoms with van der Waals surface area (Å²) in [4.78, 5) is 21.5. The summed E-state index contributed by atoms with van der Waals surface area (Å²) in [5.41, 5.74) is -0.0503. The van der Waals surface area contributed by atoms with Crippen molar-refractivity contribution in [3.05, 3.63) is 47.7 Å². The number of halogens is 3. The van der Waals surface area contributed by atoms with Crippen molar-refractivity contribution in [1.29, 1.82) is 0 Å². The molecule has 6 nitrogen and oxygen atoms in total. The molecule has 29 heavy (non-hydrogen) atoms. The third kappa shape index (κ3) is 3.57. The van der Waals surface area contributed by atoms with E-state index in [1.165, 1.54) is 35.1 Å². The van der Waals surface area contributed by atoms with Crippen LogP contribution in [0.5, 0.6) is 0 Å². The van der Waals surface area contributed by atoms with E-state index in [0.717, 1.165) is 19.2 Å². The number of nitrogens with zero attached hydrogens (tertiary/aromatic N) is 5. The number of hydrogen-bond acceptors (Lipinski definition) is 4. The van der Waals surface area contributed by atoms with Crippen LogP contribution in [0.3, 0.4) is 0 Å². The number of aryl methyl sites for hydroxylation is 1. The molecule has 0 unspecified atom stereocenters. The lowest BCUT2D eigenvalue weighted by atomic mass is 10.0. The van der Waals surface area contributed by atoms with Crippen molar-refractivity contribution in [3.8, 4) is 11.3 Å². The van der Waals surface area contributed by atoms with Gasteiger partial charge in [-0.25, -0.2) is 4.98 Å². The minimum absolute atomic E-state index is 0.0597. The lowest BCUT2D eigenvalue weighted by Gasteiger charge is -2.32. The Balaban J connectivity index is 1.86. The Morgan fingerprint density at radius 3 is 2.45 bits per heavy atom.